The monoisotopic (exact) mass is 262 g/mol. The molecule has 1 unspecified atom stereocenters. The van der Waals surface area contributed by atoms with Crippen molar-refractivity contribution in [3.63, 3.8) is 0 Å². The second-order valence-electron chi connectivity index (χ2n) is 2.60. The van der Waals surface area contributed by atoms with E-state index in [4.69, 9.17) is 0 Å². The van der Waals surface area contributed by atoms with Crippen molar-refractivity contribution < 1.29 is 43.3 Å². The van der Waals surface area contributed by atoms with Crippen molar-refractivity contribution in [3.8, 4) is 0 Å². The highest BCUT2D eigenvalue weighted by Gasteiger charge is 2.80. The van der Waals surface area contributed by atoms with E-state index in [0.29, 0.717) is 0 Å². The van der Waals surface area contributed by atoms with E-state index in [1.54, 1.807) is 0 Å². The van der Waals surface area contributed by atoms with Gasteiger partial charge in [0.05, 0.1) is 0 Å². The fourth-order valence-electron chi connectivity index (χ4n) is 0.734. The molecule has 15 heavy (non-hydrogen) atoms. The zero-order valence-corrected chi connectivity index (χ0v) is 7.17. The molecule has 0 spiro atoms. The Kier molecular flexibility index (Phi) is 2.29. The lowest BCUT2D eigenvalue weighted by atomic mass is 10.2. The molecule has 1 fully saturated rings. The van der Waals surface area contributed by atoms with Gasteiger partial charge in [-0.25, -0.2) is 4.39 Å². The second kappa shape index (κ2) is 2.75. The van der Waals surface area contributed by atoms with Crippen LogP contribution in [0.5, 0.6) is 0 Å². The summed E-state index contributed by atoms with van der Waals surface area (Å²) in [6.45, 7) is 0. The molecule has 0 bridgehead atoms. The van der Waals surface area contributed by atoms with E-state index in [9.17, 15) is 39.2 Å². The Bertz CT molecular complexity index is 374. The van der Waals surface area contributed by atoms with Crippen LogP contribution in [0.2, 0.25) is 0 Å². The van der Waals surface area contributed by atoms with E-state index >= 15 is 0 Å². The van der Waals surface area contributed by atoms with Crippen LogP contribution in [0.4, 0.5) is 30.7 Å². The molecule has 1 saturated heterocycles. The van der Waals surface area contributed by atoms with Crippen molar-refractivity contribution in [2.24, 2.45) is 0 Å². The minimum Gasteiger partial charge on any atom is -0.232 e. The van der Waals surface area contributed by atoms with E-state index in [-0.39, 0.29) is 0 Å². The summed E-state index contributed by atoms with van der Waals surface area (Å²) in [5, 5.41) is -5.72. The average molecular weight is 262 g/mol. The first-order chi connectivity index (χ1) is 6.36. The fourth-order valence-corrected chi connectivity index (χ4v) is 1.63. The maximum Gasteiger partial charge on any atom is 0.436 e. The molecule has 0 amide bonds. The standard InChI is InChI=1S/C4HF7O3S/c5-1-2(6,7)4(10,11)14-15(12,13)3(1,8)9/h1H. The van der Waals surface area contributed by atoms with Crippen LogP contribution >= 0.6 is 0 Å². The quantitative estimate of drug-likeness (QED) is 0.491. The number of alkyl halides is 7. The van der Waals surface area contributed by atoms with Crippen molar-refractivity contribution in [2.75, 3.05) is 0 Å². The molecule has 11 heteroatoms. The topological polar surface area (TPSA) is 43.4 Å². The molecule has 0 aromatic rings. The first-order valence-corrected chi connectivity index (χ1v) is 4.50. The van der Waals surface area contributed by atoms with E-state index in [1.165, 1.54) is 0 Å². The zero-order chi connectivity index (χ0) is 12.3. The molecular weight excluding hydrogens is 261 g/mol. The van der Waals surface area contributed by atoms with Gasteiger partial charge in [0.2, 0.25) is 0 Å². The van der Waals surface area contributed by atoms with Gasteiger partial charge in [-0.1, -0.05) is 0 Å². The maximum atomic E-state index is 12.3. The van der Waals surface area contributed by atoms with Gasteiger partial charge >= 0.3 is 27.4 Å². The Hall–Kier alpha value is -0.580. The second-order valence-corrected chi connectivity index (χ2v) is 4.22. The molecular formula is C4HF7O3S. The highest BCUT2D eigenvalue weighted by molar-refractivity contribution is 7.87. The predicted octanol–water partition coefficient (Wildman–Crippen LogP) is 1.51. The summed E-state index contributed by atoms with van der Waals surface area (Å²) in [5.41, 5.74) is 0. The predicted molar refractivity (Wildman–Crippen MR) is 29.7 cm³/mol. The van der Waals surface area contributed by atoms with E-state index < -0.39 is 33.6 Å². The summed E-state index contributed by atoms with van der Waals surface area (Å²) in [4.78, 5) is 0. The number of rotatable bonds is 0. The third kappa shape index (κ3) is 1.40. The Morgan fingerprint density at radius 1 is 1.00 bits per heavy atom. The van der Waals surface area contributed by atoms with Crippen LogP contribution in [-0.4, -0.2) is 31.9 Å². The maximum absolute atomic E-state index is 12.3. The summed E-state index contributed by atoms with van der Waals surface area (Å²) in [6, 6.07) is 0. The van der Waals surface area contributed by atoms with Crippen LogP contribution in [-0.2, 0) is 14.3 Å². The summed E-state index contributed by atoms with van der Waals surface area (Å²) in [5.74, 6) is -5.93. The fraction of sp³-hybridized carbons (Fsp3) is 1.00. The van der Waals surface area contributed by atoms with Gasteiger partial charge in [-0.15, -0.1) is 0 Å². The van der Waals surface area contributed by atoms with E-state index in [0.717, 1.165) is 0 Å². The van der Waals surface area contributed by atoms with E-state index in [2.05, 4.69) is 4.18 Å². The molecule has 3 nitrogen and oxygen atoms in total. The van der Waals surface area contributed by atoms with E-state index in [1.807, 2.05) is 0 Å². The highest BCUT2D eigenvalue weighted by Crippen LogP contribution is 2.52. The molecule has 0 aromatic carbocycles. The summed E-state index contributed by atoms with van der Waals surface area (Å²) in [6.07, 6.45) is -10.7. The van der Waals surface area contributed by atoms with Crippen LogP contribution < -0.4 is 0 Å². The van der Waals surface area contributed by atoms with Gasteiger partial charge in [0.25, 0.3) is 6.17 Å². The lowest BCUT2D eigenvalue weighted by Crippen LogP contribution is -2.64. The van der Waals surface area contributed by atoms with Crippen LogP contribution in [0, 0.1) is 0 Å². The lowest BCUT2D eigenvalue weighted by molar-refractivity contribution is -0.355. The molecule has 1 aliphatic rings. The Labute approximate surface area is 77.9 Å². The molecule has 90 valence electrons. The Morgan fingerprint density at radius 3 is 1.80 bits per heavy atom. The first kappa shape index (κ1) is 12.5. The minimum atomic E-state index is -6.43. The minimum absolute atomic E-state index is 2.26. The highest BCUT2D eigenvalue weighted by atomic mass is 32.2. The van der Waals surface area contributed by atoms with Crippen molar-refractivity contribution in [1.82, 2.24) is 0 Å². The third-order valence-electron chi connectivity index (χ3n) is 1.55. The number of hydrogen-bond donors (Lipinski definition) is 0. The third-order valence-corrected chi connectivity index (χ3v) is 2.85. The van der Waals surface area contributed by atoms with Gasteiger partial charge in [-0.3, -0.25) is 0 Å². The number of halogens is 7. The normalized spacial score (nSPS) is 36.1. The molecule has 0 N–H and O–H groups in total. The average Bonchev–Trinajstić information content (AvgIpc) is 1.98. The molecule has 0 aliphatic carbocycles. The van der Waals surface area contributed by atoms with Gasteiger partial charge < -0.3 is 0 Å². The molecule has 0 radical (unpaired) electrons. The van der Waals surface area contributed by atoms with Crippen LogP contribution in [0.25, 0.3) is 0 Å². The Balaban J connectivity index is 3.37. The van der Waals surface area contributed by atoms with Crippen molar-refractivity contribution >= 4 is 10.1 Å². The van der Waals surface area contributed by atoms with Crippen LogP contribution in [0.1, 0.15) is 0 Å². The molecule has 0 saturated carbocycles. The van der Waals surface area contributed by atoms with Crippen LogP contribution in [0.15, 0.2) is 0 Å². The summed E-state index contributed by atoms with van der Waals surface area (Å²) < 4.78 is 108. The molecule has 1 atom stereocenters. The van der Waals surface area contributed by atoms with Crippen molar-refractivity contribution in [1.29, 1.82) is 0 Å². The SMILES string of the molecule is O=S1(=O)OC(F)(F)C(F)(F)C(F)C1(F)F. The van der Waals surface area contributed by atoms with Crippen LogP contribution in [0.3, 0.4) is 0 Å². The lowest BCUT2D eigenvalue weighted by Gasteiger charge is -2.36. The summed E-state index contributed by atoms with van der Waals surface area (Å²) in [7, 11) is -6.43. The Morgan fingerprint density at radius 2 is 1.40 bits per heavy atom. The number of hydrogen-bond acceptors (Lipinski definition) is 3. The first-order valence-electron chi connectivity index (χ1n) is 3.09. The van der Waals surface area contributed by atoms with Crippen molar-refractivity contribution in [2.45, 2.75) is 23.5 Å². The summed E-state index contributed by atoms with van der Waals surface area (Å²) >= 11 is 0. The van der Waals surface area contributed by atoms with Crippen molar-refractivity contribution in [3.05, 3.63) is 0 Å². The van der Waals surface area contributed by atoms with Gasteiger partial charge in [0.15, 0.2) is 0 Å². The molecule has 1 heterocycles. The zero-order valence-electron chi connectivity index (χ0n) is 6.36. The molecule has 0 aromatic heterocycles. The molecule has 1 aliphatic heterocycles. The largest absolute Gasteiger partial charge is 0.436 e. The molecule has 1 rings (SSSR count). The van der Waals surface area contributed by atoms with Gasteiger partial charge in [0, 0.05) is 0 Å². The smallest absolute Gasteiger partial charge is 0.232 e. The van der Waals surface area contributed by atoms with Gasteiger partial charge in [0.1, 0.15) is 0 Å². The van der Waals surface area contributed by atoms with Gasteiger partial charge in [-0.2, -0.15) is 38.9 Å². The van der Waals surface area contributed by atoms with Gasteiger partial charge in [-0.05, 0) is 0 Å².